The number of nitrogens with zero attached hydrogens (tertiary/aromatic N) is 2. The molecule has 3 aliphatic heterocycles. The number of alkyl carbamates (subject to hydrolysis) is 1. The van der Waals surface area contributed by atoms with Crippen molar-refractivity contribution in [3.63, 3.8) is 0 Å². The highest BCUT2D eigenvalue weighted by Crippen LogP contribution is 2.49. The van der Waals surface area contributed by atoms with Crippen LogP contribution in [0.3, 0.4) is 0 Å². The molecule has 2 aromatic rings. The highest BCUT2D eigenvalue weighted by Gasteiger charge is 2.64. The fourth-order valence-electron chi connectivity index (χ4n) is 9.28. The normalized spacial score (nSPS) is 30.4. The number of carbonyl (C=O) groups is 4. The van der Waals surface area contributed by atoms with E-state index in [1.165, 1.54) is 4.90 Å². The van der Waals surface area contributed by atoms with Crippen molar-refractivity contribution >= 4 is 44.7 Å². The van der Waals surface area contributed by atoms with Crippen LogP contribution in [0.15, 0.2) is 30.4 Å². The predicted molar refractivity (Wildman–Crippen MR) is 211 cm³/mol. The first-order valence-corrected chi connectivity index (χ1v) is 22.3. The van der Waals surface area contributed by atoms with Gasteiger partial charge in [-0.1, -0.05) is 31.9 Å². The lowest BCUT2D eigenvalue weighted by molar-refractivity contribution is -0.141. The van der Waals surface area contributed by atoms with Crippen molar-refractivity contribution in [2.45, 2.75) is 151 Å². The summed E-state index contributed by atoms with van der Waals surface area (Å²) in [6, 6.07) is 3.72. The number of pyridine rings is 1. The number of nitrogens with one attached hydrogen (secondary N) is 3. The number of benzene rings is 1. The molecule has 8 rings (SSSR count). The molecule has 15 heteroatoms. The minimum absolute atomic E-state index is 0.0633. The lowest BCUT2D eigenvalue weighted by Gasteiger charge is -2.37. The second-order valence-electron chi connectivity index (χ2n) is 17.3. The summed E-state index contributed by atoms with van der Waals surface area (Å²) < 4.78 is 46.0. The average molecular weight is 806 g/mol. The average Bonchev–Trinajstić information content (AvgIpc) is 3.99. The minimum Gasteiger partial charge on any atom is -0.497 e. The molecule has 3 aliphatic carbocycles. The molecule has 4 heterocycles. The number of aromatic nitrogens is 1. The highest BCUT2D eigenvalue weighted by molar-refractivity contribution is 7.91. The summed E-state index contributed by atoms with van der Waals surface area (Å²) in [7, 11) is -2.37. The van der Waals surface area contributed by atoms with Gasteiger partial charge in [-0.25, -0.2) is 18.2 Å². The van der Waals surface area contributed by atoms with Crippen LogP contribution in [0.25, 0.3) is 10.9 Å². The SMILES string of the molecule is CCc1nc2ccc(OC)cc2c2c1O[C@]1(CC2)C[C@H]2C(=O)N[C@]3(C(=O)NS(=O)(=O)C4(C)CC4)C[C@H]3/C=C\CCCCC[C@H](NC(=O)OC3CCCC3)C(=O)N2C1. The van der Waals surface area contributed by atoms with Crippen LogP contribution in [0, 0.1) is 5.92 Å². The Morgan fingerprint density at radius 2 is 1.82 bits per heavy atom. The Morgan fingerprint density at radius 3 is 2.56 bits per heavy atom. The summed E-state index contributed by atoms with van der Waals surface area (Å²) in [6.45, 7) is 3.68. The Bertz CT molecular complexity index is 2100. The van der Waals surface area contributed by atoms with Gasteiger partial charge in [0, 0.05) is 23.3 Å². The molecule has 1 spiro atoms. The van der Waals surface area contributed by atoms with Gasteiger partial charge in [0.25, 0.3) is 5.91 Å². The van der Waals surface area contributed by atoms with E-state index in [1.807, 2.05) is 37.3 Å². The number of ether oxygens (including phenoxy) is 3. The van der Waals surface area contributed by atoms with Crippen molar-refractivity contribution in [2.75, 3.05) is 13.7 Å². The molecule has 0 radical (unpaired) electrons. The van der Waals surface area contributed by atoms with Gasteiger partial charge < -0.3 is 29.7 Å². The second kappa shape index (κ2) is 15.1. The number of aryl methyl sites for hydroxylation is 2. The Kier molecular flexibility index (Phi) is 10.4. The molecule has 1 aromatic heterocycles. The molecule has 57 heavy (non-hydrogen) atoms. The zero-order valence-electron chi connectivity index (χ0n) is 33.2. The van der Waals surface area contributed by atoms with Gasteiger partial charge in [0.05, 0.1) is 29.6 Å². The number of hydrogen-bond donors (Lipinski definition) is 3. The van der Waals surface area contributed by atoms with E-state index in [-0.39, 0.29) is 25.5 Å². The molecule has 14 nitrogen and oxygen atoms in total. The minimum atomic E-state index is -3.99. The lowest BCUT2D eigenvalue weighted by Crippen LogP contribution is -2.58. The predicted octanol–water partition coefficient (Wildman–Crippen LogP) is 4.90. The summed E-state index contributed by atoms with van der Waals surface area (Å²) in [4.78, 5) is 63.3. The topological polar surface area (TPSA) is 182 Å². The van der Waals surface area contributed by atoms with Crippen molar-refractivity contribution in [1.82, 2.24) is 25.2 Å². The molecule has 1 aromatic carbocycles. The Hall–Kier alpha value is -4.40. The molecule has 0 unspecified atom stereocenters. The maximum absolute atomic E-state index is 14.9. The van der Waals surface area contributed by atoms with Crippen LogP contribution < -0.4 is 24.8 Å². The smallest absolute Gasteiger partial charge is 0.408 e. The van der Waals surface area contributed by atoms with E-state index in [1.54, 1.807) is 14.0 Å². The summed E-state index contributed by atoms with van der Waals surface area (Å²) in [5.41, 5.74) is 0.101. The van der Waals surface area contributed by atoms with Crippen molar-refractivity contribution in [1.29, 1.82) is 0 Å². The van der Waals surface area contributed by atoms with Crippen LogP contribution in [0.2, 0.25) is 0 Å². The zero-order chi connectivity index (χ0) is 40.2. The van der Waals surface area contributed by atoms with Gasteiger partial charge in [0.2, 0.25) is 21.8 Å². The van der Waals surface area contributed by atoms with E-state index >= 15 is 0 Å². The van der Waals surface area contributed by atoms with Crippen molar-refractivity contribution < 1.29 is 41.8 Å². The number of methoxy groups -OCH3 is 1. The van der Waals surface area contributed by atoms with Crippen LogP contribution >= 0.6 is 0 Å². The zero-order valence-corrected chi connectivity index (χ0v) is 34.0. The third-order valence-corrected chi connectivity index (χ3v) is 15.4. The van der Waals surface area contributed by atoms with Crippen molar-refractivity contribution in [2.24, 2.45) is 5.92 Å². The highest BCUT2D eigenvalue weighted by atomic mass is 32.2. The van der Waals surface area contributed by atoms with Crippen molar-refractivity contribution in [3.05, 3.63) is 41.6 Å². The van der Waals surface area contributed by atoms with E-state index < -0.39 is 67.7 Å². The maximum Gasteiger partial charge on any atom is 0.408 e. The Balaban J connectivity index is 1.13. The van der Waals surface area contributed by atoms with E-state index in [0.717, 1.165) is 60.7 Å². The maximum atomic E-state index is 14.9. The van der Waals surface area contributed by atoms with E-state index in [9.17, 15) is 27.6 Å². The van der Waals surface area contributed by atoms with Crippen molar-refractivity contribution in [3.8, 4) is 11.5 Å². The summed E-state index contributed by atoms with van der Waals surface area (Å²) in [5, 5.41) is 6.76. The number of allylic oxidation sites excluding steroid dienone is 1. The summed E-state index contributed by atoms with van der Waals surface area (Å²) >= 11 is 0. The number of sulfonamides is 1. The van der Waals surface area contributed by atoms with Gasteiger partial charge in [0.15, 0.2) is 0 Å². The first kappa shape index (κ1) is 39.4. The Labute approximate surface area is 334 Å². The van der Waals surface area contributed by atoms with Gasteiger partial charge in [0.1, 0.15) is 40.8 Å². The van der Waals surface area contributed by atoms with Crippen LogP contribution in [0.1, 0.15) is 115 Å². The van der Waals surface area contributed by atoms with Gasteiger partial charge in [-0.15, -0.1) is 0 Å². The van der Waals surface area contributed by atoms with Crippen LogP contribution in [0.5, 0.6) is 11.5 Å². The summed E-state index contributed by atoms with van der Waals surface area (Å²) in [6.07, 6.45) is 12.8. The van der Waals surface area contributed by atoms with E-state index in [2.05, 4.69) is 15.4 Å². The first-order chi connectivity index (χ1) is 27.3. The molecule has 1 saturated heterocycles. The molecule has 0 bridgehead atoms. The molecule has 3 saturated carbocycles. The number of hydrogen-bond acceptors (Lipinski definition) is 10. The monoisotopic (exact) mass is 805 g/mol. The lowest BCUT2D eigenvalue weighted by atomic mass is 9.87. The van der Waals surface area contributed by atoms with Crippen LogP contribution in [0.4, 0.5) is 4.79 Å². The third-order valence-electron chi connectivity index (χ3n) is 13.3. The summed E-state index contributed by atoms with van der Waals surface area (Å²) in [5.74, 6) is -0.863. The molecular weight excluding hydrogens is 751 g/mol. The van der Waals surface area contributed by atoms with Gasteiger partial charge in [-0.2, -0.15) is 0 Å². The molecule has 4 amide bonds. The van der Waals surface area contributed by atoms with Gasteiger partial charge >= 0.3 is 6.09 Å². The molecule has 4 fully saturated rings. The largest absolute Gasteiger partial charge is 0.497 e. The Morgan fingerprint density at radius 1 is 1.05 bits per heavy atom. The molecular formula is C42H55N5O9S. The molecule has 3 N–H and O–H groups in total. The van der Waals surface area contributed by atoms with E-state index in [0.29, 0.717) is 62.9 Å². The fourth-order valence-corrected chi connectivity index (χ4v) is 10.6. The molecule has 308 valence electrons. The first-order valence-electron chi connectivity index (χ1n) is 20.8. The molecule has 5 atom stereocenters. The molecule has 6 aliphatic rings. The number of rotatable bonds is 7. The third kappa shape index (κ3) is 7.56. The van der Waals surface area contributed by atoms with Gasteiger partial charge in [-0.3, -0.25) is 19.1 Å². The van der Waals surface area contributed by atoms with Crippen LogP contribution in [-0.4, -0.2) is 89.8 Å². The van der Waals surface area contributed by atoms with E-state index in [4.69, 9.17) is 19.2 Å². The number of fused-ring (bicyclic) bond motifs is 5. The van der Waals surface area contributed by atoms with Crippen LogP contribution in [-0.2, 0) is 42.0 Å². The number of amides is 4. The standard InChI is InChI=1S/C42H55N5O9S/c1-4-31-35-29(30-22-28(54-3)16-17-32(30)43-31)18-19-41(56-35)24-34-36(48)45-42(38(50)46-57(52,53)40(2)20-21-40)23-26(42)12-8-6-5-7-9-15-33(37(49)47(34)25-41)44-39(51)55-27-13-10-11-14-27/h8,12,16-17,22,26-27,33-34H,4-7,9-11,13-15,18-21,23-25H2,1-3H3,(H,44,51)(H,45,48)(H,46,50)/b12-8-/t26-,33+,34+,41-,42-/m1/s1. The number of carbonyl (C=O) groups excluding carboxylic acids is 4. The quantitative estimate of drug-likeness (QED) is 0.326. The van der Waals surface area contributed by atoms with Gasteiger partial charge in [-0.05, 0) is 109 Å². The second-order valence-corrected chi connectivity index (χ2v) is 19.5. The fraction of sp³-hybridized carbons (Fsp3) is 0.643.